The number of hydrogen-bond donors (Lipinski definition) is 2. The number of morpholine rings is 1. The van der Waals surface area contributed by atoms with Gasteiger partial charge in [0.25, 0.3) is 11.8 Å². The minimum absolute atomic E-state index is 0.0450. The van der Waals surface area contributed by atoms with Crippen LogP contribution < -0.4 is 11.1 Å². The van der Waals surface area contributed by atoms with Crippen molar-refractivity contribution in [1.29, 1.82) is 0 Å². The number of nitrogens with zero attached hydrogens (tertiary/aromatic N) is 3. The fourth-order valence-corrected chi connectivity index (χ4v) is 3.88. The van der Waals surface area contributed by atoms with E-state index in [0.29, 0.717) is 24.4 Å². The van der Waals surface area contributed by atoms with Crippen LogP contribution >= 0.6 is 11.3 Å². The molecule has 3 N–H and O–H groups in total. The number of pyridine rings is 1. The van der Waals surface area contributed by atoms with Crippen LogP contribution in [0.4, 0.5) is 13.2 Å². The molecule has 0 radical (unpaired) electrons. The molecule has 1 unspecified atom stereocenters. The lowest BCUT2D eigenvalue weighted by molar-refractivity contribution is -0.169. The molecule has 0 bridgehead atoms. The van der Waals surface area contributed by atoms with Crippen LogP contribution in [0.3, 0.4) is 0 Å². The van der Waals surface area contributed by atoms with Gasteiger partial charge < -0.3 is 20.7 Å². The van der Waals surface area contributed by atoms with Gasteiger partial charge in [-0.3, -0.25) is 19.4 Å². The Hall–Kier alpha value is -3.32. The number of nitrogens with two attached hydrogens (primary N) is 1. The van der Waals surface area contributed by atoms with Crippen molar-refractivity contribution >= 4 is 34.9 Å². The van der Waals surface area contributed by atoms with Crippen molar-refractivity contribution in [2.75, 3.05) is 26.3 Å². The summed E-state index contributed by atoms with van der Waals surface area (Å²) in [4.78, 5) is 45.1. The Kier molecular flexibility index (Phi) is 7.43. The molecule has 176 valence electrons. The van der Waals surface area contributed by atoms with Gasteiger partial charge >= 0.3 is 12.1 Å². The number of carbonyl (C=O) groups excluding carboxylic acids is 3. The Bertz CT molecular complexity index is 1090. The largest absolute Gasteiger partial charge is 0.473 e. The van der Waals surface area contributed by atoms with E-state index in [1.165, 1.54) is 12.1 Å². The zero-order valence-corrected chi connectivity index (χ0v) is 18.2. The molecule has 1 aliphatic rings. The molecule has 1 atom stereocenters. The van der Waals surface area contributed by atoms with Crippen LogP contribution in [-0.4, -0.2) is 72.0 Å². The van der Waals surface area contributed by atoms with Crippen LogP contribution in [0, 0.1) is 6.92 Å². The average Bonchev–Trinajstić information content (AvgIpc) is 3.27. The fraction of sp³-hybridized carbons (Fsp3) is 0.350. The number of alkyl halides is 3. The van der Waals surface area contributed by atoms with E-state index in [4.69, 9.17) is 10.5 Å². The van der Waals surface area contributed by atoms with Gasteiger partial charge in [-0.15, -0.1) is 11.3 Å². The molecule has 13 heteroatoms. The molecule has 2 aromatic rings. The Morgan fingerprint density at radius 2 is 2.03 bits per heavy atom. The number of amidine groups is 1. The van der Waals surface area contributed by atoms with Crippen LogP contribution in [0.15, 0.2) is 35.5 Å². The van der Waals surface area contributed by atoms with Gasteiger partial charge in [0.05, 0.1) is 29.0 Å². The highest BCUT2D eigenvalue weighted by atomic mass is 32.1. The molecule has 0 aromatic carbocycles. The van der Waals surface area contributed by atoms with Crippen molar-refractivity contribution in [1.82, 2.24) is 15.2 Å². The van der Waals surface area contributed by atoms with E-state index in [-0.39, 0.29) is 28.8 Å². The number of thiophene rings is 1. The van der Waals surface area contributed by atoms with E-state index in [1.807, 2.05) is 0 Å². The maximum atomic E-state index is 12.9. The number of halogens is 3. The third-order valence-corrected chi connectivity index (χ3v) is 5.78. The number of hydrogen-bond acceptors (Lipinski definition) is 6. The maximum absolute atomic E-state index is 12.9. The molecular weight excluding hydrogens is 463 g/mol. The molecule has 3 rings (SSSR count). The quantitative estimate of drug-likeness (QED) is 0.491. The number of aryl methyl sites for hydroxylation is 1. The van der Waals surface area contributed by atoms with Gasteiger partial charge in [0, 0.05) is 30.5 Å². The molecular formula is C20H20F3N5O4S. The van der Waals surface area contributed by atoms with E-state index in [0.717, 1.165) is 11.3 Å². The van der Waals surface area contributed by atoms with Crippen molar-refractivity contribution in [2.24, 2.45) is 10.7 Å². The Morgan fingerprint density at radius 3 is 2.73 bits per heavy atom. The molecule has 3 heterocycles. The highest BCUT2D eigenvalue weighted by molar-refractivity contribution is 7.16. The summed E-state index contributed by atoms with van der Waals surface area (Å²) < 4.78 is 42.5. The topological polar surface area (TPSA) is 127 Å². The number of aliphatic imine (C=N–C) groups is 1. The minimum atomic E-state index is -5.14. The number of rotatable bonds is 5. The second-order valence-corrected chi connectivity index (χ2v) is 8.17. The van der Waals surface area contributed by atoms with Gasteiger partial charge in [0.2, 0.25) is 0 Å². The van der Waals surface area contributed by atoms with Gasteiger partial charge in [-0.05, 0) is 31.2 Å². The Morgan fingerprint density at radius 1 is 1.30 bits per heavy atom. The van der Waals surface area contributed by atoms with Crippen LogP contribution in [0.1, 0.15) is 30.6 Å². The lowest BCUT2D eigenvalue weighted by Gasteiger charge is -2.35. The maximum Gasteiger partial charge on any atom is 0.473 e. The van der Waals surface area contributed by atoms with Gasteiger partial charge in [0.1, 0.15) is 5.84 Å². The number of aromatic nitrogens is 1. The molecule has 33 heavy (non-hydrogen) atoms. The summed E-state index contributed by atoms with van der Waals surface area (Å²) in [7, 11) is 0. The number of ether oxygens (including phenoxy) is 1. The summed E-state index contributed by atoms with van der Waals surface area (Å²) in [5.41, 5.74) is 6.64. The second kappa shape index (κ2) is 10.1. The van der Waals surface area contributed by atoms with Gasteiger partial charge in [-0.2, -0.15) is 18.2 Å². The van der Waals surface area contributed by atoms with Crippen LogP contribution in [0.2, 0.25) is 0 Å². The van der Waals surface area contributed by atoms with Crippen LogP contribution in [0.5, 0.6) is 0 Å². The van der Waals surface area contributed by atoms with Crippen molar-refractivity contribution in [3.8, 4) is 0 Å². The van der Waals surface area contributed by atoms with E-state index in [2.05, 4.69) is 15.3 Å². The first-order valence-corrected chi connectivity index (χ1v) is 10.5. The monoisotopic (exact) mass is 483 g/mol. The van der Waals surface area contributed by atoms with E-state index >= 15 is 0 Å². The number of nitrogens with one attached hydrogen (secondary N) is 1. The van der Waals surface area contributed by atoms with Gasteiger partial charge in [-0.1, -0.05) is 0 Å². The first kappa shape index (κ1) is 24.3. The number of carbonyl (C=O) groups is 3. The highest BCUT2D eigenvalue weighted by Crippen LogP contribution is 2.20. The summed E-state index contributed by atoms with van der Waals surface area (Å²) in [6.07, 6.45) is -3.59. The summed E-state index contributed by atoms with van der Waals surface area (Å²) in [6, 6.07) is 5.53. The van der Waals surface area contributed by atoms with Crippen molar-refractivity contribution in [3.63, 3.8) is 0 Å². The summed E-state index contributed by atoms with van der Waals surface area (Å²) in [6.45, 7) is 2.82. The first-order chi connectivity index (χ1) is 15.6. The normalized spacial score (nSPS) is 17.0. The van der Waals surface area contributed by atoms with Gasteiger partial charge in [0.15, 0.2) is 0 Å². The Balaban J connectivity index is 1.64. The number of amides is 3. The van der Waals surface area contributed by atoms with E-state index in [9.17, 15) is 27.6 Å². The summed E-state index contributed by atoms with van der Waals surface area (Å²) in [5.74, 6) is -3.68. The summed E-state index contributed by atoms with van der Waals surface area (Å²) >= 11 is 0.788. The zero-order valence-electron chi connectivity index (χ0n) is 17.4. The molecule has 1 aliphatic heterocycles. The summed E-state index contributed by atoms with van der Waals surface area (Å²) in [5, 5.41) is 2.69. The fourth-order valence-electron chi connectivity index (χ4n) is 3.06. The van der Waals surface area contributed by atoms with Crippen molar-refractivity contribution in [2.45, 2.75) is 19.1 Å². The third-order valence-electron chi connectivity index (χ3n) is 4.68. The predicted molar refractivity (Wildman–Crippen MR) is 113 cm³/mol. The lowest BCUT2D eigenvalue weighted by atomic mass is 10.1. The minimum Gasteiger partial charge on any atom is -0.382 e. The molecule has 9 nitrogen and oxygen atoms in total. The van der Waals surface area contributed by atoms with Crippen LogP contribution in [0.25, 0.3) is 0 Å². The molecule has 0 saturated carbocycles. The molecule has 1 saturated heterocycles. The van der Waals surface area contributed by atoms with E-state index in [1.54, 1.807) is 30.2 Å². The molecule has 1 fully saturated rings. The smallest absolute Gasteiger partial charge is 0.382 e. The molecule has 3 amide bonds. The molecule has 0 spiro atoms. The third kappa shape index (κ3) is 6.14. The Labute approximate surface area is 190 Å². The van der Waals surface area contributed by atoms with E-state index < -0.39 is 29.9 Å². The predicted octanol–water partition coefficient (Wildman–Crippen LogP) is 1.52. The molecule has 0 aliphatic carbocycles. The SMILES string of the molecule is Cc1cc(C(=O)N2CCOCC2CNC(=O)c2ccc(C(N)=NC(=O)C(F)(F)F)s2)ccn1. The second-order valence-electron chi connectivity index (χ2n) is 7.09. The standard InChI is InChI=1S/C20H20F3N5O4S/c1-11-8-12(4-5-25-11)18(30)28-6-7-32-10-13(28)9-26-17(29)15-3-2-14(33-15)16(24)27-19(31)20(21,22)23/h2-5,8,13H,6-7,9-10H2,1H3,(H,26,29)(H2,24,27,31). The highest BCUT2D eigenvalue weighted by Gasteiger charge is 2.39. The average molecular weight is 483 g/mol. The first-order valence-electron chi connectivity index (χ1n) is 9.71. The lowest BCUT2D eigenvalue weighted by Crippen LogP contribution is -2.53. The van der Waals surface area contributed by atoms with Crippen LogP contribution in [-0.2, 0) is 9.53 Å². The van der Waals surface area contributed by atoms with Crippen molar-refractivity contribution in [3.05, 3.63) is 51.5 Å². The zero-order chi connectivity index (χ0) is 24.2. The van der Waals surface area contributed by atoms with Crippen molar-refractivity contribution < 1.29 is 32.3 Å². The van der Waals surface area contributed by atoms with Gasteiger partial charge in [-0.25, -0.2) is 0 Å². The molecule has 2 aromatic heterocycles.